The molecule has 104 valence electrons. The molecule has 2 aromatic carbocycles. The van der Waals surface area contributed by atoms with Crippen LogP contribution in [-0.4, -0.2) is 4.98 Å². The minimum atomic E-state index is -0.283. The fraction of sp³-hybridized carbons (Fsp3) is 0.0556. The molecule has 1 nitrogen and oxygen atoms in total. The summed E-state index contributed by atoms with van der Waals surface area (Å²) >= 11 is 0. The molecule has 0 saturated heterocycles. The monoisotopic (exact) mass is 281 g/mol. The van der Waals surface area contributed by atoms with Gasteiger partial charge in [0.1, 0.15) is 11.6 Å². The van der Waals surface area contributed by atoms with Gasteiger partial charge in [0.2, 0.25) is 0 Å². The van der Waals surface area contributed by atoms with Crippen LogP contribution in [-0.2, 0) is 0 Å². The minimum absolute atomic E-state index is 0.275. The molecule has 0 fully saturated rings. The van der Waals surface area contributed by atoms with Crippen molar-refractivity contribution in [1.82, 2.24) is 4.98 Å². The van der Waals surface area contributed by atoms with E-state index in [1.807, 2.05) is 13.0 Å². The van der Waals surface area contributed by atoms with Crippen LogP contribution in [0.25, 0.3) is 22.4 Å². The number of hydrogen-bond donors (Lipinski definition) is 0. The molecule has 1 heterocycles. The third-order valence-corrected chi connectivity index (χ3v) is 3.30. The van der Waals surface area contributed by atoms with E-state index < -0.39 is 0 Å². The first-order valence-corrected chi connectivity index (χ1v) is 6.62. The fourth-order valence-corrected chi connectivity index (χ4v) is 2.26. The van der Waals surface area contributed by atoms with Gasteiger partial charge in [0.15, 0.2) is 0 Å². The van der Waals surface area contributed by atoms with Crippen molar-refractivity contribution in [1.29, 1.82) is 0 Å². The summed E-state index contributed by atoms with van der Waals surface area (Å²) in [5, 5.41) is 0. The van der Waals surface area contributed by atoms with Crippen molar-refractivity contribution in [3.63, 3.8) is 0 Å². The summed E-state index contributed by atoms with van der Waals surface area (Å²) in [6, 6.07) is 14.5. The first-order valence-electron chi connectivity index (χ1n) is 6.62. The lowest BCUT2D eigenvalue weighted by atomic mass is 9.98. The van der Waals surface area contributed by atoms with Crippen molar-refractivity contribution in [2.45, 2.75) is 6.92 Å². The number of hydrogen-bond acceptors (Lipinski definition) is 1. The Labute approximate surface area is 121 Å². The number of halogens is 2. The number of aromatic nitrogens is 1. The Morgan fingerprint density at radius 3 is 1.86 bits per heavy atom. The molecule has 0 amide bonds. The predicted molar refractivity (Wildman–Crippen MR) is 79.8 cm³/mol. The van der Waals surface area contributed by atoms with Crippen LogP contribution in [0, 0.1) is 18.6 Å². The smallest absolute Gasteiger partial charge is 0.123 e. The molecule has 3 rings (SSSR count). The van der Waals surface area contributed by atoms with Crippen LogP contribution < -0.4 is 0 Å². The quantitative estimate of drug-likeness (QED) is 0.644. The zero-order valence-electron chi connectivity index (χ0n) is 11.5. The van der Waals surface area contributed by atoms with E-state index in [1.54, 1.807) is 30.5 Å². The van der Waals surface area contributed by atoms with Crippen molar-refractivity contribution in [3.8, 4) is 22.4 Å². The topological polar surface area (TPSA) is 12.9 Å². The van der Waals surface area contributed by atoms with E-state index >= 15 is 0 Å². The van der Waals surface area contributed by atoms with E-state index in [0.29, 0.717) is 0 Å². The van der Waals surface area contributed by atoms with E-state index in [9.17, 15) is 8.78 Å². The summed E-state index contributed by atoms with van der Waals surface area (Å²) in [4.78, 5) is 4.46. The van der Waals surface area contributed by atoms with Crippen molar-refractivity contribution in [2.24, 2.45) is 0 Å². The van der Waals surface area contributed by atoms with Crippen LogP contribution in [0.4, 0.5) is 8.78 Å². The largest absolute Gasteiger partial charge is 0.255 e. The highest BCUT2D eigenvalue weighted by Gasteiger charge is 2.10. The number of nitrogens with zero attached hydrogens (tertiary/aromatic N) is 1. The van der Waals surface area contributed by atoms with Crippen LogP contribution in [0.3, 0.4) is 0 Å². The average molecular weight is 281 g/mol. The van der Waals surface area contributed by atoms with Crippen LogP contribution >= 0.6 is 0 Å². The highest BCUT2D eigenvalue weighted by molar-refractivity contribution is 5.80. The molecule has 21 heavy (non-hydrogen) atoms. The lowest BCUT2D eigenvalue weighted by molar-refractivity contribution is 0.627. The summed E-state index contributed by atoms with van der Waals surface area (Å²) < 4.78 is 26.2. The van der Waals surface area contributed by atoms with Gasteiger partial charge in [-0.15, -0.1) is 0 Å². The van der Waals surface area contributed by atoms with Crippen molar-refractivity contribution in [2.75, 3.05) is 0 Å². The van der Waals surface area contributed by atoms with Crippen molar-refractivity contribution >= 4 is 0 Å². The lowest BCUT2D eigenvalue weighted by Gasteiger charge is -2.10. The Morgan fingerprint density at radius 1 is 0.762 bits per heavy atom. The van der Waals surface area contributed by atoms with Crippen molar-refractivity contribution < 1.29 is 8.78 Å². The van der Waals surface area contributed by atoms with E-state index in [-0.39, 0.29) is 11.6 Å². The van der Waals surface area contributed by atoms with Crippen LogP contribution in [0.2, 0.25) is 0 Å². The Balaban J connectivity index is 2.17. The maximum Gasteiger partial charge on any atom is 0.123 e. The molecule has 0 atom stereocenters. The second-order valence-electron chi connectivity index (χ2n) is 4.92. The van der Waals surface area contributed by atoms with Crippen LogP contribution in [0.5, 0.6) is 0 Å². The predicted octanol–water partition coefficient (Wildman–Crippen LogP) is 5.00. The minimum Gasteiger partial charge on any atom is -0.255 e. The average Bonchev–Trinajstić information content (AvgIpc) is 2.49. The van der Waals surface area contributed by atoms with Gasteiger partial charge in [-0.3, -0.25) is 4.98 Å². The summed E-state index contributed by atoms with van der Waals surface area (Å²) in [6.07, 6.45) is 1.77. The fourth-order valence-electron chi connectivity index (χ4n) is 2.26. The molecular weight excluding hydrogens is 268 g/mol. The van der Waals surface area contributed by atoms with Crippen LogP contribution in [0.1, 0.15) is 5.56 Å². The van der Waals surface area contributed by atoms with Gasteiger partial charge in [-0.2, -0.15) is 0 Å². The standard InChI is InChI=1S/C18H13F2N/c1-12-10-17(13-2-6-15(19)7-3-13)18(21-11-12)14-4-8-16(20)9-5-14/h2-11H,1H3. The van der Waals surface area contributed by atoms with E-state index in [0.717, 1.165) is 27.9 Å². The molecule has 0 saturated carbocycles. The zero-order chi connectivity index (χ0) is 14.8. The zero-order valence-corrected chi connectivity index (χ0v) is 11.5. The maximum absolute atomic E-state index is 13.1. The molecule has 0 spiro atoms. The first kappa shape index (κ1) is 13.4. The van der Waals surface area contributed by atoms with Crippen LogP contribution in [0.15, 0.2) is 60.8 Å². The molecule has 0 unspecified atom stereocenters. The van der Waals surface area contributed by atoms with Gasteiger partial charge in [-0.1, -0.05) is 12.1 Å². The molecule has 1 aromatic heterocycles. The molecular formula is C18H13F2N. The summed E-state index contributed by atoms with van der Waals surface area (Å²) in [6.45, 7) is 1.95. The Bertz CT molecular complexity index is 762. The molecule has 3 heteroatoms. The number of benzene rings is 2. The summed E-state index contributed by atoms with van der Waals surface area (Å²) in [5.74, 6) is -0.558. The lowest BCUT2D eigenvalue weighted by Crippen LogP contribution is -1.91. The molecule has 0 bridgehead atoms. The second-order valence-corrected chi connectivity index (χ2v) is 4.92. The third-order valence-electron chi connectivity index (χ3n) is 3.30. The van der Waals surface area contributed by atoms with E-state index in [1.165, 1.54) is 24.3 Å². The number of pyridine rings is 1. The first-order chi connectivity index (χ1) is 10.1. The Hall–Kier alpha value is -2.55. The molecule has 0 aliphatic rings. The molecule has 0 radical (unpaired) electrons. The molecule has 0 aliphatic carbocycles. The van der Waals surface area contributed by atoms with Gasteiger partial charge in [0.25, 0.3) is 0 Å². The van der Waals surface area contributed by atoms with Gasteiger partial charge in [-0.25, -0.2) is 8.78 Å². The van der Waals surface area contributed by atoms with E-state index in [2.05, 4.69) is 4.98 Å². The highest BCUT2D eigenvalue weighted by Crippen LogP contribution is 2.31. The van der Waals surface area contributed by atoms with Gasteiger partial charge in [0, 0.05) is 17.3 Å². The number of aryl methyl sites for hydroxylation is 1. The summed E-state index contributed by atoms with van der Waals surface area (Å²) in [5.41, 5.74) is 4.39. The maximum atomic E-state index is 13.1. The Kier molecular flexibility index (Phi) is 3.48. The summed E-state index contributed by atoms with van der Waals surface area (Å²) in [7, 11) is 0. The Morgan fingerprint density at radius 2 is 1.29 bits per heavy atom. The normalized spacial score (nSPS) is 10.6. The van der Waals surface area contributed by atoms with Crippen molar-refractivity contribution in [3.05, 3.63) is 78.0 Å². The second kappa shape index (κ2) is 5.44. The number of rotatable bonds is 2. The third kappa shape index (κ3) is 2.82. The highest BCUT2D eigenvalue weighted by atomic mass is 19.1. The molecule has 0 aliphatic heterocycles. The SMILES string of the molecule is Cc1cnc(-c2ccc(F)cc2)c(-c2ccc(F)cc2)c1. The van der Waals surface area contributed by atoms with Gasteiger partial charge >= 0.3 is 0 Å². The molecule has 0 N–H and O–H groups in total. The van der Waals surface area contributed by atoms with Gasteiger partial charge < -0.3 is 0 Å². The van der Waals surface area contributed by atoms with Gasteiger partial charge in [-0.05, 0) is 60.5 Å². The van der Waals surface area contributed by atoms with E-state index in [4.69, 9.17) is 0 Å². The van der Waals surface area contributed by atoms with Gasteiger partial charge in [0.05, 0.1) is 5.69 Å². The molecule has 3 aromatic rings.